The fourth-order valence-corrected chi connectivity index (χ4v) is 9.51. The first-order valence-corrected chi connectivity index (χ1v) is 32.1. The van der Waals surface area contributed by atoms with E-state index in [4.69, 9.17) is 14.2 Å². The van der Waals surface area contributed by atoms with Crippen LogP contribution in [0.2, 0.25) is 0 Å². The average Bonchev–Trinajstić information content (AvgIpc) is 3.39. The Balaban J connectivity index is 4.33. The first-order valence-electron chi connectivity index (χ1n) is 32.1. The second-order valence-corrected chi connectivity index (χ2v) is 21.6. The molecule has 1 atom stereocenters. The van der Waals surface area contributed by atoms with Crippen LogP contribution in [-0.4, -0.2) is 37.2 Å². The maximum atomic E-state index is 12.9. The Morgan fingerprint density at radius 1 is 0.288 bits per heavy atom. The van der Waals surface area contributed by atoms with Crippen molar-refractivity contribution < 1.29 is 28.6 Å². The van der Waals surface area contributed by atoms with Gasteiger partial charge >= 0.3 is 17.9 Å². The van der Waals surface area contributed by atoms with Crippen molar-refractivity contribution in [1.29, 1.82) is 0 Å². The van der Waals surface area contributed by atoms with E-state index in [0.29, 0.717) is 19.3 Å². The molecule has 0 aromatic rings. The summed E-state index contributed by atoms with van der Waals surface area (Å²) in [6, 6.07) is 0. The molecule has 0 amide bonds. The summed E-state index contributed by atoms with van der Waals surface area (Å²) in [6.45, 7) is 6.57. The highest BCUT2D eigenvalue weighted by atomic mass is 16.6. The van der Waals surface area contributed by atoms with Crippen LogP contribution >= 0.6 is 0 Å². The van der Waals surface area contributed by atoms with Gasteiger partial charge in [-0.1, -0.05) is 294 Å². The molecule has 0 aromatic carbocycles. The van der Waals surface area contributed by atoms with Gasteiger partial charge in [0, 0.05) is 19.3 Å². The molecular weight excluding hydrogens is 901 g/mol. The number of allylic oxidation sites excluding steroid dienone is 8. The van der Waals surface area contributed by atoms with E-state index in [1.807, 2.05) is 0 Å². The van der Waals surface area contributed by atoms with E-state index >= 15 is 0 Å². The van der Waals surface area contributed by atoms with Gasteiger partial charge in [-0.15, -0.1) is 0 Å². The average molecular weight is 1020 g/mol. The third-order valence-corrected chi connectivity index (χ3v) is 14.3. The summed E-state index contributed by atoms with van der Waals surface area (Å²) >= 11 is 0. The molecule has 73 heavy (non-hydrogen) atoms. The summed E-state index contributed by atoms with van der Waals surface area (Å²) in [4.78, 5) is 38.3. The van der Waals surface area contributed by atoms with Crippen molar-refractivity contribution in [1.82, 2.24) is 0 Å². The molecule has 0 spiro atoms. The van der Waals surface area contributed by atoms with Gasteiger partial charge in [0.1, 0.15) is 13.2 Å². The van der Waals surface area contributed by atoms with Crippen molar-refractivity contribution in [3.05, 3.63) is 48.6 Å². The molecule has 0 aliphatic heterocycles. The maximum Gasteiger partial charge on any atom is 0.306 e. The van der Waals surface area contributed by atoms with Crippen molar-refractivity contribution in [2.75, 3.05) is 13.2 Å². The van der Waals surface area contributed by atoms with E-state index < -0.39 is 6.10 Å². The van der Waals surface area contributed by atoms with Crippen LogP contribution in [0.4, 0.5) is 0 Å². The zero-order valence-electron chi connectivity index (χ0n) is 48.9. The largest absolute Gasteiger partial charge is 0.462 e. The smallest absolute Gasteiger partial charge is 0.306 e. The Morgan fingerprint density at radius 2 is 0.534 bits per heavy atom. The highest BCUT2D eigenvalue weighted by Gasteiger charge is 2.19. The molecule has 6 nitrogen and oxygen atoms in total. The van der Waals surface area contributed by atoms with E-state index in [0.717, 1.165) is 96.3 Å². The van der Waals surface area contributed by atoms with Gasteiger partial charge in [0.2, 0.25) is 0 Å². The van der Waals surface area contributed by atoms with Crippen LogP contribution < -0.4 is 0 Å². The highest BCUT2D eigenvalue weighted by molar-refractivity contribution is 5.71. The molecule has 6 heteroatoms. The van der Waals surface area contributed by atoms with Gasteiger partial charge in [-0.2, -0.15) is 0 Å². The van der Waals surface area contributed by atoms with Gasteiger partial charge in [0.05, 0.1) is 0 Å². The molecule has 0 heterocycles. The van der Waals surface area contributed by atoms with Gasteiger partial charge in [0.25, 0.3) is 0 Å². The number of carbonyl (C=O) groups is 3. The molecular formula is C67H122O6. The summed E-state index contributed by atoms with van der Waals surface area (Å²) in [6.07, 6.45) is 76.9. The van der Waals surface area contributed by atoms with Crippen LogP contribution in [0.15, 0.2) is 48.6 Å². The fraction of sp³-hybridized carbons (Fsp3) is 0.836. The lowest BCUT2D eigenvalue weighted by Gasteiger charge is -2.18. The van der Waals surface area contributed by atoms with Gasteiger partial charge < -0.3 is 14.2 Å². The number of rotatable bonds is 59. The summed E-state index contributed by atoms with van der Waals surface area (Å²) in [5, 5.41) is 0. The predicted molar refractivity (Wildman–Crippen MR) is 316 cm³/mol. The summed E-state index contributed by atoms with van der Waals surface area (Å²) in [5.41, 5.74) is 0. The van der Waals surface area contributed by atoms with E-state index in [2.05, 4.69) is 69.4 Å². The molecule has 0 bridgehead atoms. The first kappa shape index (κ1) is 70.4. The molecule has 0 saturated heterocycles. The van der Waals surface area contributed by atoms with Crippen LogP contribution in [0.3, 0.4) is 0 Å². The number of carbonyl (C=O) groups excluding carboxylic acids is 3. The normalized spacial score (nSPS) is 12.3. The van der Waals surface area contributed by atoms with Crippen LogP contribution in [-0.2, 0) is 28.6 Å². The Hall–Kier alpha value is -2.63. The third-order valence-electron chi connectivity index (χ3n) is 14.3. The lowest BCUT2D eigenvalue weighted by Crippen LogP contribution is -2.30. The van der Waals surface area contributed by atoms with Gasteiger partial charge in [-0.05, 0) is 77.0 Å². The SMILES string of the molecule is CC/C=C\C/C=C\C/C=C\CCCCCCCC(=O)OCC(COC(=O)CCCCCCCCCCC/C=C\CCCCCCCCCC)OC(=O)CCCCCCCCCCCCCCCCCCCCC. The fourth-order valence-electron chi connectivity index (χ4n) is 9.51. The third kappa shape index (κ3) is 60.1. The minimum Gasteiger partial charge on any atom is -0.462 e. The summed E-state index contributed by atoms with van der Waals surface area (Å²) < 4.78 is 16.9. The summed E-state index contributed by atoms with van der Waals surface area (Å²) in [5.74, 6) is -0.874. The highest BCUT2D eigenvalue weighted by Crippen LogP contribution is 2.17. The lowest BCUT2D eigenvalue weighted by molar-refractivity contribution is -0.167. The van der Waals surface area contributed by atoms with E-state index in [9.17, 15) is 14.4 Å². The standard InChI is InChI=1S/C67H122O6/c1-4-7-10-13-16-19-22-25-28-30-32-33-35-36-39-42-45-48-51-54-57-60-66(69)72-63-64(62-71-65(68)59-56-53-50-47-44-41-38-27-24-21-18-15-12-9-6-3)73-67(70)61-58-55-52-49-46-43-40-37-34-31-29-26-23-20-17-14-11-8-5-2/h9,12,18,21,27,30,32,38,64H,4-8,10-11,13-17,19-20,22-26,28-29,31,33-37,39-63H2,1-3H3/b12-9-,21-18-,32-30-,38-27-. The topological polar surface area (TPSA) is 78.9 Å². The molecule has 0 aromatic heterocycles. The molecule has 0 fully saturated rings. The monoisotopic (exact) mass is 1020 g/mol. The summed E-state index contributed by atoms with van der Waals surface area (Å²) in [7, 11) is 0. The minimum absolute atomic E-state index is 0.0763. The molecule has 0 rings (SSSR count). The molecule has 0 aliphatic carbocycles. The Labute approximate surface area is 454 Å². The van der Waals surface area contributed by atoms with Gasteiger partial charge in [-0.25, -0.2) is 0 Å². The Kier molecular flexibility index (Phi) is 59.7. The molecule has 0 saturated carbocycles. The van der Waals surface area contributed by atoms with E-state index in [1.165, 1.54) is 205 Å². The van der Waals surface area contributed by atoms with Crippen LogP contribution in [0.1, 0.15) is 342 Å². The van der Waals surface area contributed by atoms with Crippen molar-refractivity contribution in [3.63, 3.8) is 0 Å². The minimum atomic E-state index is -0.780. The van der Waals surface area contributed by atoms with Crippen molar-refractivity contribution in [2.45, 2.75) is 348 Å². The predicted octanol–water partition coefficient (Wildman–Crippen LogP) is 21.8. The molecule has 1 unspecified atom stereocenters. The maximum absolute atomic E-state index is 12.9. The van der Waals surface area contributed by atoms with Crippen LogP contribution in [0.5, 0.6) is 0 Å². The second-order valence-electron chi connectivity index (χ2n) is 21.6. The van der Waals surface area contributed by atoms with Gasteiger partial charge in [0.15, 0.2) is 6.10 Å². The van der Waals surface area contributed by atoms with Crippen molar-refractivity contribution in [2.24, 2.45) is 0 Å². The lowest BCUT2D eigenvalue weighted by atomic mass is 10.0. The Morgan fingerprint density at radius 3 is 0.849 bits per heavy atom. The molecule has 426 valence electrons. The second kappa shape index (κ2) is 61.9. The number of unbranched alkanes of at least 4 members (excludes halogenated alkanes) is 40. The van der Waals surface area contributed by atoms with Gasteiger partial charge in [-0.3, -0.25) is 14.4 Å². The molecule has 0 N–H and O–H groups in total. The number of hydrogen-bond acceptors (Lipinski definition) is 6. The Bertz CT molecular complexity index is 1270. The zero-order chi connectivity index (χ0) is 52.9. The van der Waals surface area contributed by atoms with Crippen LogP contribution in [0.25, 0.3) is 0 Å². The molecule has 0 aliphatic rings. The van der Waals surface area contributed by atoms with E-state index in [1.54, 1.807) is 0 Å². The van der Waals surface area contributed by atoms with E-state index in [-0.39, 0.29) is 31.1 Å². The van der Waals surface area contributed by atoms with Crippen molar-refractivity contribution in [3.8, 4) is 0 Å². The zero-order valence-corrected chi connectivity index (χ0v) is 48.9. The molecule has 0 radical (unpaired) electrons. The van der Waals surface area contributed by atoms with Crippen LogP contribution in [0, 0.1) is 0 Å². The number of ether oxygens (including phenoxy) is 3. The number of hydrogen-bond donors (Lipinski definition) is 0. The quantitative estimate of drug-likeness (QED) is 0.0261. The van der Waals surface area contributed by atoms with Crippen molar-refractivity contribution >= 4 is 17.9 Å². The first-order chi connectivity index (χ1) is 36.0. The number of esters is 3.